The lowest BCUT2D eigenvalue weighted by Crippen LogP contribution is -2.34. The Hall–Kier alpha value is -2.52. The first-order valence-corrected chi connectivity index (χ1v) is 11.3. The minimum absolute atomic E-state index is 0.162. The normalized spacial score (nSPS) is 14.6. The average Bonchev–Trinajstić information content (AvgIpc) is 3.13. The number of rotatable bonds is 5. The molecule has 0 aliphatic heterocycles. The van der Waals surface area contributed by atoms with Crippen molar-refractivity contribution in [3.8, 4) is 5.75 Å². The minimum atomic E-state index is -0.728. The van der Waals surface area contributed by atoms with Gasteiger partial charge in [0.1, 0.15) is 16.6 Å². The molecule has 1 atom stereocenters. The van der Waals surface area contributed by atoms with Crippen molar-refractivity contribution in [3.05, 3.63) is 55.4 Å². The average molecular weight is 489 g/mol. The number of benzene rings is 1. The number of amides is 1. The number of carbonyl (C=O) groups is 1. The van der Waals surface area contributed by atoms with Gasteiger partial charge in [-0.3, -0.25) is 14.2 Å². The van der Waals surface area contributed by atoms with Crippen LogP contribution < -0.4 is 15.7 Å². The summed E-state index contributed by atoms with van der Waals surface area (Å²) in [4.78, 5) is 32.1. The maximum Gasteiger partial charge on any atom is 0.263 e. The predicted molar refractivity (Wildman–Crippen MR) is 122 cm³/mol. The van der Waals surface area contributed by atoms with E-state index in [1.807, 2.05) is 12.1 Å². The van der Waals surface area contributed by atoms with Crippen molar-refractivity contribution in [2.24, 2.45) is 5.10 Å². The molecule has 0 unspecified atom stereocenters. The van der Waals surface area contributed by atoms with Crippen molar-refractivity contribution in [2.45, 2.75) is 38.6 Å². The highest BCUT2D eigenvalue weighted by molar-refractivity contribution is 9.10. The van der Waals surface area contributed by atoms with Crippen LogP contribution in [0.1, 0.15) is 41.8 Å². The molecule has 2 aromatic heterocycles. The predicted octanol–water partition coefficient (Wildman–Crippen LogP) is 3.82. The molecule has 30 heavy (non-hydrogen) atoms. The van der Waals surface area contributed by atoms with Crippen LogP contribution in [0.4, 0.5) is 0 Å². The van der Waals surface area contributed by atoms with Crippen LogP contribution in [0.25, 0.3) is 10.2 Å². The molecule has 0 spiro atoms. The van der Waals surface area contributed by atoms with Gasteiger partial charge in [-0.2, -0.15) is 5.10 Å². The van der Waals surface area contributed by atoms with Gasteiger partial charge in [0.25, 0.3) is 11.5 Å². The van der Waals surface area contributed by atoms with Crippen LogP contribution in [0.3, 0.4) is 0 Å². The number of aromatic nitrogens is 2. The molecule has 3 aromatic rings. The number of fused-ring (bicyclic) bond motifs is 3. The summed E-state index contributed by atoms with van der Waals surface area (Å²) in [6, 6.07) is 4.73. The van der Waals surface area contributed by atoms with E-state index >= 15 is 0 Å². The summed E-state index contributed by atoms with van der Waals surface area (Å²) >= 11 is 5.01. The van der Waals surface area contributed by atoms with Crippen LogP contribution in [0.2, 0.25) is 0 Å². The molecular weight excluding hydrogens is 468 g/mol. The summed E-state index contributed by atoms with van der Waals surface area (Å²) in [5.41, 5.74) is 4.25. The van der Waals surface area contributed by atoms with Gasteiger partial charge in [-0.1, -0.05) is 0 Å². The lowest BCUT2D eigenvalue weighted by Gasteiger charge is -2.14. The number of nitrogens with one attached hydrogen (secondary N) is 1. The van der Waals surface area contributed by atoms with Crippen LogP contribution in [0.5, 0.6) is 5.75 Å². The zero-order valence-electron chi connectivity index (χ0n) is 16.6. The van der Waals surface area contributed by atoms with Gasteiger partial charge in [0.05, 0.1) is 29.5 Å². The summed E-state index contributed by atoms with van der Waals surface area (Å²) in [6.07, 6.45) is 7.13. The molecule has 1 aliphatic rings. The first-order valence-electron chi connectivity index (χ1n) is 9.67. The number of nitrogens with zero attached hydrogens (tertiary/aromatic N) is 3. The highest BCUT2D eigenvalue weighted by atomic mass is 79.9. The second-order valence-electron chi connectivity index (χ2n) is 7.15. The standard InChI is InChI=1S/C21H21BrN4O3S/c1-12(19(27)25-24-10-13-7-8-16(29-2)15(22)9-13)26-11-23-20-18(21(26)28)14-5-3-4-6-17(14)30-20/h7-12H,3-6H2,1-2H3,(H,25,27)/t12-/m1/s1. The molecule has 0 saturated carbocycles. The van der Waals surface area contributed by atoms with E-state index in [1.54, 1.807) is 31.4 Å². The quantitative estimate of drug-likeness (QED) is 0.436. The van der Waals surface area contributed by atoms with Gasteiger partial charge in [-0.15, -0.1) is 11.3 Å². The van der Waals surface area contributed by atoms with Gasteiger partial charge >= 0.3 is 0 Å². The van der Waals surface area contributed by atoms with Crippen molar-refractivity contribution >= 4 is 49.6 Å². The minimum Gasteiger partial charge on any atom is -0.496 e. The van der Waals surface area contributed by atoms with Gasteiger partial charge in [0.2, 0.25) is 0 Å². The van der Waals surface area contributed by atoms with Crippen molar-refractivity contribution in [1.29, 1.82) is 0 Å². The molecule has 9 heteroatoms. The number of aryl methyl sites for hydroxylation is 2. The second kappa shape index (κ2) is 8.69. The number of hydrazone groups is 1. The number of hydrogen-bond acceptors (Lipinski definition) is 6. The third kappa shape index (κ3) is 3.91. The van der Waals surface area contributed by atoms with E-state index in [4.69, 9.17) is 4.74 Å². The Morgan fingerprint density at radius 3 is 2.97 bits per heavy atom. The van der Waals surface area contributed by atoms with Crippen molar-refractivity contribution in [2.75, 3.05) is 7.11 Å². The number of carbonyl (C=O) groups excluding carboxylic acids is 1. The highest BCUT2D eigenvalue weighted by Crippen LogP contribution is 2.33. The topological polar surface area (TPSA) is 85.6 Å². The van der Waals surface area contributed by atoms with Crippen molar-refractivity contribution in [1.82, 2.24) is 15.0 Å². The van der Waals surface area contributed by atoms with Gasteiger partial charge in [0, 0.05) is 4.88 Å². The number of hydrogen-bond donors (Lipinski definition) is 1. The maximum atomic E-state index is 13.1. The molecule has 1 amide bonds. The van der Waals surface area contributed by atoms with Gasteiger partial charge in [-0.25, -0.2) is 10.4 Å². The van der Waals surface area contributed by atoms with Crippen LogP contribution in [0, 0.1) is 0 Å². The van der Waals surface area contributed by atoms with Crippen molar-refractivity contribution < 1.29 is 9.53 Å². The molecule has 7 nitrogen and oxygen atoms in total. The van der Waals surface area contributed by atoms with E-state index in [2.05, 4.69) is 31.4 Å². The van der Waals surface area contributed by atoms with E-state index in [-0.39, 0.29) is 11.5 Å². The van der Waals surface area contributed by atoms with Gasteiger partial charge in [0.15, 0.2) is 0 Å². The Kier molecular flexibility index (Phi) is 6.01. The van der Waals surface area contributed by atoms with Crippen LogP contribution >= 0.6 is 27.3 Å². The molecular formula is C21H21BrN4O3S. The first kappa shape index (κ1) is 20.7. The number of ether oxygens (including phenoxy) is 1. The maximum absolute atomic E-state index is 13.1. The first-order chi connectivity index (χ1) is 14.5. The van der Waals surface area contributed by atoms with Crippen LogP contribution in [-0.4, -0.2) is 28.8 Å². The molecule has 0 saturated heterocycles. The van der Waals surface area contributed by atoms with Crippen LogP contribution in [-0.2, 0) is 17.6 Å². The Morgan fingerprint density at radius 2 is 2.20 bits per heavy atom. The summed E-state index contributed by atoms with van der Waals surface area (Å²) in [5.74, 6) is 0.328. The van der Waals surface area contributed by atoms with E-state index < -0.39 is 6.04 Å². The zero-order chi connectivity index (χ0) is 21.3. The Bertz CT molecular complexity index is 1200. The van der Waals surface area contributed by atoms with E-state index in [0.29, 0.717) is 11.1 Å². The fourth-order valence-corrected chi connectivity index (χ4v) is 5.37. The largest absolute Gasteiger partial charge is 0.496 e. The monoisotopic (exact) mass is 488 g/mol. The van der Waals surface area contributed by atoms with Crippen molar-refractivity contribution in [3.63, 3.8) is 0 Å². The smallest absolute Gasteiger partial charge is 0.263 e. The summed E-state index contributed by atoms with van der Waals surface area (Å²) in [7, 11) is 1.59. The highest BCUT2D eigenvalue weighted by Gasteiger charge is 2.23. The number of thiophene rings is 1. The Labute approximate surface area is 185 Å². The fraction of sp³-hybridized carbons (Fsp3) is 0.333. The van der Waals surface area contributed by atoms with E-state index in [0.717, 1.165) is 46.1 Å². The van der Waals surface area contributed by atoms with Gasteiger partial charge < -0.3 is 4.74 Å². The summed E-state index contributed by atoms with van der Waals surface area (Å²) in [5, 5.41) is 4.69. The molecule has 2 heterocycles. The van der Waals surface area contributed by atoms with Gasteiger partial charge in [-0.05, 0) is 77.9 Å². The molecule has 156 valence electrons. The number of methoxy groups -OCH3 is 1. The molecule has 0 bridgehead atoms. The molecule has 1 N–H and O–H groups in total. The van der Waals surface area contributed by atoms with E-state index in [9.17, 15) is 9.59 Å². The molecule has 4 rings (SSSR count). The molecule has 1 aliphatic carbocycles. The molecule has 0 fully saturated rings. The molecule has 0 radical (unpaired) electrons. The number of halogens is 1. The summed E-state index contributed by atoms with van der Waals surface area (Å²) in [6.45, 7) is 1.67. The SMILES string of the molecule is COc1ccc(C=NNC(=O)[C@@H](C)n2cnc3sc4c(c3c2=O)CCCC4)cc1Br. The molecule has 1 aromatic carbocycles. The lowest BCUT2D eigenvalue weighted by molar-refractivity contribution is -0.123. The second-order valence-corrected chi connectivity index (χ2v) is 9.09. The zero-order valence-corrected chi connectivity index (χ0v) is 19.0. The van der Waals surface area contributed by atoms with E-state index in [1.165, 1.54) is 22.0 Å². The summed E-state index contributed by atoms with van der Waals surface area (Å²) < 4.78 is 7.37. The lowest BCUT2D eigenvalue weighted by atomic mass is 9.97. The Morgan fingerprint density at radius 1 is 1.40 bits per heavy atom. The van der Waals surface area contributed by atoms with Crippen LogP contribution in [0.15, 0.2) is 38.9 Å². The Balaban J connectivity index is 1.52. The third-order valence-corrected chi connectivity index (χ3v) is 7.08. The third-order valence-electron chi connectivity index (χ3n) is 5.26. The fourth-order valence-electron chi connectivity index (χ4n) is 3.59.